The van der Waals surface area contributed by atoms with Crippen LogP contribution in [0.15, 0.2) is 36.7 Å². The summed E-state index contributed by atoms with van der Waals surface area (Å²) < 4.78 is 80.2. The third kappa shape index (κ3) is 5.09. The largest absolute Gasteiger partial charge is 0.461 e. The molecule has 1 heterocycles. The van der Waals surface area contributed by atoms with Gasteiger partial charge in [0.15, 0.2) is 11.6 Å². The molecule has 0 unspecified atom stereocenters. The Hall–Kier alpha value is -3.31. The molecule has 0 fully saturated rings. The van der Waals surface area contributed by atoms with Crippen LogP contribution in [0.25, 0.3) is 0 Å². The number of urea groups is 1. The Morgan fingerprint density at radius 3 is 2.11 bits per heavy atom. The predicted octanol–water partition coefficient (Wildman–Crippen LogP) is 3.56. The second-order valence-corrected chi connectivity index (χ2v) is 4.88. The summed E-state index contributed by atoms with van der Waals surface area (Å²) in [5.41, 5.74) is -1.08. The van der Waals surface area contributed by atoms with Crippen LogP contribution < -0.4 is 15.4 Å². The lowest BCUT2D eigenvalue weighted by molar-refractivity contribution is -0.253. The first-order valence-corrected chi connectivity index (χ1v) is 6.96. The maximum Gasteiger partial charge on any atom is 0.461 e. The van der Waals surface area contributed by atoms with Gasteiger partial charge in [0, 0.05) is 5.69 Å². The Balaban J connectivity index is 1.99. The highest BCUT2D eigenvalue weighted by atomic mass is 19.3. The second-order valence-electron chi connectivity index (χ2n) is 4.88. The number of hydrogen-bond donors (Lipinski definition) is 2. The molecule has 6 nitrogen and oxygen atoms in total. The molecule has 2 rings (SSSR count). The Morgan fingerprint density at radius 1 is 1.04 bits per heavy atom. The SMILES string of the molecule is O=C(NC(=O)c1c(F)cncc1F)Nc1ccc(OC(F)(F)C(F)F)cc1. The minimum atomic E-state index is -4.70. The van der Waals surface area contributed by atoms with Crippen LogP contribution >= 0.6 is 0 Å². The lowest BCUT2D eigenvalue weighted by Crippen LogP contribution is -2.35. The van der Waals surface area contributed by atoms with Crippen LogP contribution in [0.4, 0.5) is 36.8 Å². The Labute approximate surface area is 147 Å². The zero-order chi connectivity index (χ0) is 20.2. The van der Waals surface area contributed by atoms with E-state index in [0.717, 1.165) is 24.3 Å². The first-order valence-electron chi connectivity index (χ1n) is 6.96. The number of rotatable bonds is 5. The van der Waals surface area contributed by atoms with Crippen LogP contribution in [-0.4, -0.2) is 29.5 Å². The normalized spacial score (nSPS) is 11.2. The van der Waals surface area contributed by atoms with Crippen molar-refractivity contribution in [1.29, 1.82) is 0 Å². The van der Waals surface area contributed by atoms with Crippen molar-refractivity contribution < 1.29 is 40.7 Å². The topological polar surface area (TPSA) is 80.3 Å². The first kappa shape index (κ1) is 20.0. The van der Waals surface area contributed by atoms with E-state index in [1.807, 2.05) is 0 Å². The van der Waals surface area contributed by atoms with Crippen molar-refractivity contribution in [3.8, 4) is 5.75 Å². The molecule has 2 aromatic rings. The molecule has 0 bridgehead atoms. The molecule has 12 heteroatoms. The fourth-order valence-electron chi connectivity index (χ4n) is 1.76. The molecule has 0 atom stereocenters. The number of nitrogens with zero attached hydrogens (tertiary/aromatic N) is 1. The summed E-state index contributed by atoms with van der Waals surface area (Å²) in [6, 6.07) is 2.54. The highest BCUT2D eigenvalue weighted by Crippen LogP contribution is 2.28. The number of amides is 3. The maximum atomic E-state index is 13.4. The molecule has 3 amide bonds. The Kier molecular flexibility index (Phi) is 5.88. The molecule has 27 heavy (non-hydrogen) atoms. The van der Waals surface area contributed by atoms with Gasteiger partial charge < -0.3 is 10.1 Å². The zero-order valence-electron chi connectivity index (χ0n) is 13.0. The molecule has 0 radical (unpaired) electrons. The van der Waals surface area contributed by atoms with Crippen molar-refractivity contribution in [2.75, 3.05) is 5.32 Å². The highest BCUT2D eigenvalue weighted by Gasteiger charge is 2.43. The summed E-state index contributed by atoms with van der Waals surface area (Å²) in [5.74, 6) is -4.58. The van der Waals surface area contributed by atoms with E-state index in [1.165, 1.54) is 0 Å². The van der Waals surface area contributed by atoms with Gasteiger partial charge >= 0.3 is 18.6 Å². The van der Waals surface area contributed by atoms with Crippen molar-refractivity contribution >= 4 is 17.6 Å². The summed E-state index contributed by atoms with van der Waals surface area (Å²) >= 11 is 0. The van der Waals surface area contributed by atoms with Crippen LogP contribution in [-0.2, 0) is 0 Å². The number of nitrogens with one attached hydrogen (secondary N) is 2. The minimum Gasteiger partial charge on any atom is -0.428 e. The van der Waals surface area contributed by atoms with E-state index in [2.05, 4.69) is 15.0 Å². The molecule has 0 aliphatic carbocycles. The van der Waals surface area contributed by atoms with Gasteiger partial charge in [0.25, 0.3) is 5.91 Å². The number of imide groups is 1. The summed E-state index contributed by atoms with van der Waals surface area (Å²) in [6.45, 7) is 0. The number of anilines is 1. The number of carbonyl (C=O) groups is 2. The minimum absolute atomic E-state index is 0.0521. The van der Waals surface area contributed by atoms with Crippen LogP contribution in [0, 0.1) is 11.6 Å². The third-order valence-corrected chi connectivity index (χ3v) is 2.93. The van der Waals surface area contributed by atoms with E-state index in [-0.39, 0.29) is 5.69 Å². The highest BCUT2D eigenvalue weighted by molar-refractivity contribution is 6.08. The van der Waals surface area contributed by atoms with E-state index in [0.29, 0.717) is 12.4 Å². The Morgan fingerprint density at radius 2 is 1.59 bits per heavy atom. The first-order chi connectivity index (χ1) is 12.6. The van der Waals surface area contributed by atoms with Gasteiger partial charge in [-0.15, -0.1) is 0 Å². The van der Waals surface area contributed by atoms with Gasteiger partial charge in [0.2, 0.25) is 0 Å². The molecule has 0 aliphatic heterocycles. The lowest BCUT2D eigenvalue weighted by atomic mass is 10.2. The monoisotopic (exact) mass is 393 g/mol. The third-order valence-electron chi connectivity index (χ3n) is 2.93. The number of alkyl halides is 4. The number of carbonyl (C=O) groups excluding carboxylic acids is 2. The van der Waals surface area contributed by atoms with Gasteiger partial charge in [0.05, 0.1) is 12.4 Å². The predicted molar refractivity (Wildman–Crippen MR) is 78.7 cm³/mol. The number of ether oxygens (including phenoxy) is 1. The van der Waals surface area contributed by atoms with Gasteiger partial charge in [-0.3, -0.25) is 15.1 Å². The standard InChI is InChI=1S/C15H9F6N3O3/c16-9-5-22-6-10(17)11(9)12(25)24-14(26)23-7-1-3-8(4-2-7)27-15(20,21)13(18)19/h1-6,13H,(H2,23,24,25,26). The number of aromatic nitrogens is 1. The molecule has 0 spiro atoms. The fourth-order valence-corrected chi connectivity index (χ4v) is 1.76. The van der Waals surface area contributed by atoms with Crippen molar-refractivity contribution in [1.82, 2.24) is 10.3 Å². The average Bonchev–Trinajstić information content (AvgIpc) is 2.56. The average molecular weight is 393 g/mol. The van der Waals surface area contributed by atoms with E-state index >= 15 is 0 Å². The van der Waals surface area contributed by atoms with Crippen LogP contribution in [0.5, 0.6) is 5.75 Å². The van der Waals surface area contributed by atoms with E-state index < -0.39 is 47.4 Å². The number of pyridine rings is 1. The quantitative estimate of drug-likeness (QED) is 0.762. The molecule has 144 valence electrons. The van der Waals surface area contributed by atoms with Crippen molar-refractivity contribution in [3.05, 3.63) is 53.9 Å². The number of halogens is 6. The van der Waals surface area contributed by atoms with Crippen LogP contribution in [0.3, 0.4) is 0 Å². The van der Waals surface area contributed by atoms with Gasteiger partial charge in [-0.1, -0.05) is 0 Å². The van der Waals surface area contributed by atoms with Crippen LogP contribution in [0.1, 0.15) is 10.4 Å². The van der Waals surface area contributed by atoms with Gasteiger partial charge in [-0.2, -0.15) is 17.6 Å². The zero-order valence-corrected chi connectivity index (χ0v) is 13.0. The summed E-state index contributed by atoms with van der Waals surface area (Å²) in [7, 11) is 0. The molecule has 0 saturated carbocycles. The van der Waals surface area contributed by atoms with Crippen molar-refractivity contribution in [3.63, 3.8) is 0 Å². The van der Waals surface area contributed by atoms with Gasteiger partial charge in [-0.25, -0.2) is 13.6 Å². The molecule has 2 N–H and O–H groups in total. The number of hydrogen-bond acceptors (Lipinski definition) is 4. The fraction of sp³-hybridized carbons (Fsp3) is 0.133. The second kappa shape index (κ2) is 7.93. The van der Waals surface area contributed by atoms with E-state index in [4.69, 9.17) is 0 Å². The maximum absolute atomic E-state index is 13.4. The Bertz CT molecular complexity index is 825. The van der Waals surface area contributed by atoms with Crippen molar-refractivity contribution in [2.45, 2.75) is 12.5 Å². The molecule has 0 aliphatic rings. The van der Waals surface area contributed by atoms with Gasteiger partial charge in [0.1, 0.15) is 11.3 Å². The number of benzene rings is 1. The molecular weight excluding hydrogens is 384 g/mol. The summed E-state index contributed by atoms with van der Waals surface area (Å²) in [6.07, 6.45) is -7.59. The molecular formula is C15H9F6N3O3. The molecule has 1 aromatic carbocycles. The van der Waals surface area contributed by atoms with Crippen LogP contribution in [0.2, 0.25) is 0 Å². The molecule has 1 aromatic heterocycles. The lowest BCUT2D eigenvalue weighted by Gasteiger charge is -2.16. The smallest absolute Gasteiger partial charge is 0.428 e. The van der Waals surface area contributed by atoms with E-state index in [9.17, 15) is 35.9 Å². The van der Waals surface area contributed by atoms with E-state index in [1.54, 1.807) is 5.32 Å². The van der Waals surface area contributed by atoms with Crippen molar-refractivity contribution in [2.24, 2.45) is 0 Å². The van der Waals surface area contributed by atoms with Gasteiger partial charge in [-0.05, 0) is 24.3 Å². The molecule has 0 saturated heterocycles. The summed E-state index contributed by atoms with van der Waals surface area (Å²) in [5, 5.41) is 3.72. The summed E-state index contributed by atoms with van der Waals surface area (Å²) in [4.78, 5) is 26.6.